The molecule has 28 heavy (non-hydrogen) atoms. The molecule has 0 atom stereocenters. The van der Waals surface area contributed by atoms with Crippen LogP contribution in [0.1, 0.15) is 67.9 Å². The Bertz CT molecular complexity index is 841. The molecular weight excluding hydrogens is 380 g/mol. The maximum atomic E-state index is 12.6. The quantitative estimate of drug-likeness (QED) is 0.319. The van der Waals surface area contributed by atoms with Crippen molar-refractivity contribution in [1.82, 2.24) is 0 Å². The fourth-order valence-electron chi connectivity index (χ4n) is 2.57. The van der Waals surface area contributed by atoms with Gasteiger partial charge in [0.2, 0.25) is 0 Å². The Balaban J connectivity index is 2.49. The standard InChI is InChI=1S/C22H25ClO5/c1-6-26-22(25)28-20-18(14(4)5)11-16(13(2)3)12-19(20)27-21(24)15-7-9-17(23)10-8-15/h7-14H,6H2,1-5H3. The van der Waals surface area contributed by atoms with Crippen LogP contribution in [0.15, 0.2) is 36.4 Å². The molecule has 0 unspecified atom stereocenters. The Labute approximate surface area is 170 Å². The molecule has 2 aromatic carbocycles. The molecule has 0 aliphatic rings. The van der Waals surface area contributed by atoms with E-state index in [0.717, 1.165) is 11.1 Å². The van der Waals surface area contributed by atoms with Gasteiger partial charge in [0.1, 0.15) is 0 Å². The second-order valence-electron chi connectivity index (χ2n) is 6.93. The fraction of sp³-hybridized carbons (Fsp3) is 0.364. The number of carbonyl (C=O) groups is 2. The lowest BCUT2D eigenvalue weighted by molar-refractivity contribution is 0.0717. The first-order valence-electron chi connectivity index (χ1n) is 9.23. The van der Waals surface area contributed by atoms with Crippen molar-refractivity contribution in [2.75, 3.05) is 6.61 Å². The van der Waals surface area contributed by atoms with Crippen LogP contribution in [0.2, 0.25) is 5.02 Å². The van der Waals surface area contributed by atoms with E-state index in [2.05, 4.69) is 0 Å². The molecule has 0 aliphatic carbocycles. The van der Waals surface area contributed by atoms with Gasteiger partial charge in [0.25, 0.3) is 0 Å². The molecule has 0 aliphatic heterocycles. The van der Waals surface area contributed by atoms with Gasteiger partial charge in [-0.1, -0.05) is 45.4 Å². The predicted molar refractivity (Wildman–Crippen MR) is 109 cm³/mol. The van der Waals surface area contributed by atoms with Crippen LogP contribution in [-0.4, -0.2) is 18.7 Å². The second-order valence-corrected chi connectivity index (χ2v) is 7.36. The average Bonchev–Trinajstić information content (AvgIpc) is 2.63. The first-order chi connectivity index (χ1) is 13.2. The highest BCUT2D eigenvalue weighted by Crippen LogP contribution is 2.39. The van der Waals surface area contributed by atoms with Crippen molar-refractivity contribution in [1.29, 1.82) is 0 Å². The molecular formula is C22H25ClO5. The van der Waals surface area contributed by atoms with Gasteiger partial charge < -0.3 is 14.2 Å². The Kier molecular flexibility index (Phi) is 7.46. The van der Waals surface area contributed by atoms with E-state index in [1.165, 1.54) is 0 Å². The molecule has 0 bridgehead atoms. The topological polar surface area (TPSA) is 61.8 Å². The highest BCUT2D eigenvalue weighted by molar-refractivity contribution is 6.30. The van der Waals surface area contributed by atoms with Crippen LogP contribution in [0.5, 0.6) is 11.5 Å². The molecule has 2 rings (SSSR count). The van der Waals surface area contributed by atoms with Crippen LogP contribution in [0.4, 0.5) is 4.79 Å². The number of benzene rings is 2. The van der Waals surface area contributed by atoms with Gasteiger partial charge in [-0.25, -0.2) is 9.59 Å². The van der Waals surface area contributed by atoms with E-state index in [4.69, 9.17) is 25.8 Å². The van der Waals surface area contributed by atoms with Gasteiger partial charge in [-0.05, 0) is 54.7 Å². The van der Waals surface area contributed by atoms with Crippen LogP contribution in [0.25, 0.3) is 0 Å². The van der Waals surface area contributed by atoms with Crippen LogP contribution < -0.4 is 9.47 Å². The van der Waals surface area contributed by atoms with E-state index in [0.29, 0.717) is 10.6 Å². The first kappa shape index (κ1) is 21.8. The summed E-state index contributed by atoms with van der Waals surface area (Å²) in [4.78, 5) is 24.6. The summed E-state index contributed by atoms with van der Waals surface area (Å²) >= 11 is 5.88. The summed E-state index contributed by atoms with van der Waals surface area (Å²) in [6.07, 6.45) is -0.842. The number of halogens is 1. The van der Waals surface area contributed by atoms with E-state index >= 15 is 0 Å². The minimum atomic E-state index is -0.842. The Morgan fingerprint density at radius 1 is 0.964 bits per heavy atom. The predicted octanol–water partition coefficient (Wildman–Crippen LogP) is 6.34. The lowest BCUT2D eigenvalue weighted by Gasteiger charge is -2.19. The van der Waals surface area contributed by atoms with E-state index in [1.54, 1.807) is 37.3 Å². The summed E-state index contributed by atoms with van der Waals surface area (Å²) in [5.74, 6) is 0.0438. The number of carbonyl (C=O) groups excluding carboxylic acids is 2. The molecule has 2 aromatic rings. The highest BCUT2D eigenvalue weighted by atomic mass is 35.5. The zero-order chi connectivity index (χ0) is 20.8. The Morgan fingerprint density at radius 3 is 2.14 bits per heavy atom. The van der Waals surface area contributed by atoms with Crippen molar-refractivity contribution in [2.45, 2.75) is 46.5 Å². The van der Waals surface area contributed by atoms with E-state index in [1.807, 2.05) is 33.8 Å². The van der Waals surface area contributed by atoms with Crippen molar-refractivity contribution in [3.8, 4) is 11.5 Å². The zero-order valence-corrected chi connectivity index (χ0v) is 17.5. The maximum absolute atomic E-state index is 12.6. The van der Waals surface area contributed by atoms with Gasteiger partial charge in [-0.3, -0.25) is 0 Å². The SMILES string of the molecule is CCOC(=O)Oc1c(OC(=O)c2ccc(Cl)cc2)cc(C(C)C)cc1C(C)C. The molecule has 5 nitrogen and oxygen atoms in total. The van der Waals surface area contributed by atoms with Crippen molar-refractivity contribution < 1.29 is 23.8 Å². The van der Waals surface area contributed by atoms with Gasteiger partial charge in [0.15, 0.2) is 11.5 Å². The van der Waals surface area contributed by atoms with Crippen LogP contribution in [0, 0.1) is 0 Å². The summed E-state index contributed by atoms with van der Waals surface area (Å²) < 4.78 is 15.9. The van der Waals surface area contributed by atoms with Crippen molar-refractivity contribution in [3.05, 3.63) is 58.1 Å². The number of rotatable bonds is 6. The van der Waals surface area contributed by atoms with Crippen LogP contribution in [0.3, 0.4) is 0 Å². The zero-order valence-electron chi connectivity index (χ0n) is 16.7. The lowest BCUT2D eigenvalue weighted by Crippen LogP contribution is -2.15. The van der Waals surface area contributed by atoms with E-state index in [-0.39, 0.29) is 29.9 Å². The third-order valence-corrected chi connectivity index (χ3v) is 4.38. The molecule has 0 aromatic heterocycles. The molecule has 0 saturated heterocycles. The normalized spacial score (nSPS) is 10.9. The molecule has 0 saturated carbocycles. The van der Waals surface area contributed by atoms with Crippen LogP contribution >= 0.6 is 11.6 Å². The summed E-state index contributed by atoms with van der Waals surface area (Å²) in [7, 11) is 0. The second kappa shape index (κ2) is 9.60. The molecule has 0 spiro atoms. The minimum Gasteiger partial charge on any atom is -0.434 e. The largest absolute Gasteiger partial charge is 0.513 e. The minimum absolute atomic E-state index is 0.0381. The third kappa shape index (κ3) is 5.49. The molecule has 0 N–H and O–H groups in total. The summed E-state index contributed by atoms with van der Waals surface area (Å²) in [6, 6.07) is 10.1. The molecule has 0 fully saturated rings. The summed E-state index contributed by atoms with van der Waals surface area (Å²) in [5.41, 5.74) is 2.07. The molecule has 150 valence electrons. The Hall–Kier alpha value is -2.53. The highest BCUT2D eigenvalue weighted by Gasteiger charge is 2.23. The van der Waals surface area contributed by atoms with E-state index in [9.17, 15) is 9.59 Å². The van der Waals surface area contributed by atoms with Gasteiger partial charge >= 0.3 is 12.1 Å². The molecule has 0 radical (unpaired) electrons. The summed E-state index contributed by atoms with van der Waals surface area (Å²) in [5, 5.41) is 0.520. The molecule has 0 amide bonds. The fourth-order valence-corrected chi connectivity index (χ4v) is 2.69. The summed E-state index contributed by atoms with van der Waals surface area (Å²) in [6.45, 7) is 9.89. The monoisotopic (exact) mass is 404 g/mol. The number of esters is 1. The average molecular weight is 405 g/mol. The first-order valence-corrected chi connectivity index (χ1v) is 9.60. The Morgan fingerprint density at radius 2 is 1.61 bits per heavy atom. The van der Waals surface area contributed by atoms with Gasteiger partial charge in [-0.15, -0.1) is 0 Å². The van der Waals surface area contributed by atoms with Crippen LogP contribution in [-0.2, 0) is 4.74 Å². The number of hydrogen-bond acceptors (Lipinski definition) is 5. The number of ether oxygens (including phenoxy) is 3. The maximum Gasteiger partial charge on any atom is 0.513 e. The lowest BCUT2D eigenvalue weighted by atomic mass is 9.94. The third-order valence-electron chi connectivity index (χ3n) is 4.12. The smallest absolute Gasteiger partial charge is 0.434 e. The molecule has 0 heterocycles. The van der Waals surface area contributed by atoms with Crippen molar-refractivity contribution in [2.24, 2.45) is 0 Å². The van der Waals surface area contributed by atoms with Gasteiger partial charge in [-0.2, -0.15) is 0 Å². The van der Waals surface area contributed by atoms with Crippen molar-refractivity contribution >= 4 is 23.7 Å². The van der Waals surface area contributed by atoms with Crippen molar-refractivity contribution in [3.63, 3.8) is 0 Å². The van der Waals surface area contributed by atoms with E-state index < -0.39 is 12.1 Å². The molecule has 6 heteroatoms. The van der Waals surface area contributed by atoms with Gasteiger partial charge in [0, 0.05) is 10.6 Å². The number of hydrogen-bond donors (Lipinski definition) is 0. The van der Waals surface area contributed by atoms with Gasteiger partial charge in [0.05, 0.1) is 12.2 Å².